The van der Waals surface area contributed by atoms with Crippen molar-refractivity contribution in [2.75, 3.05) is 32.7 Å². The summed E-state index contributed by atoms with van der Waals surface area (Å²) in [6.45, 7) is 7.93. The molecule has 0 bridgehead atoms. The number of carbonyl (C=O) groups is 1. The second-order valence-electron chi connectivity index (χ2n) is 10.9. The number of aliphatic hydroxyl groups is 1. The maximum atomic E-state index is 13.4. The van der Waals surface area contributed by atoms with E-state index < -0.39 is 6.23 Å². The molecule has 2 aromatic carbocycles. The second kappa shape index (κ2) is 12.1. The molecular weight excluding hydrogens is 499 g/mol. The van der Waals surface area contributed by atoms with Crippen LogP contribution in [0.5, 0.6) is 5.75 Å². The first-order valence-corrected chi connectivity index (χ1v) is 14.5. The monoisotopic (exact) mass is 536 g/mol. The SMILES string of the molecule is CC(=O)Oc1c(C)cccc1C(O)N1CC(Cc2ccsc2)C(CN2CCC(c3ccc(F)cc3)CC2)C1. The average Bonchev–Trinajstić information content (AvgIpc) is 3.56. The van der Waals surface area contributed by atoms with Gasteiger partial charge in [0.1, 0.15) is 17.8 Å². The van der Waals surface area contributed by atoms with Gasteiger partial charge in [-0.1, -0.05) is 30.3 Å². The molecule has 2 fully saturated rings. The normalized spacial score (nSPS) is 22.0. The number of hydrogen-bond donors (Lipinski definition) is 1. The predicted octanol–water partition coefficient (Wildman–Crippen LogP) is 5.78. The minimum atomic E-state index is -0.830. The lowest BCUT2D eigenvalue weighted by Gasteiger charge is -2.35. The Morgan fingerprint density at radius 3 is 2.53 bits per heavy atom. The molecule has 202 valence electrons. The van der Waals surface area contributed by atoms with Crippen molar-refractivity contribution < 1.29 is 19.0 Å². The van der Waals surface area contributed by atoms with Crippen LogP contribution in [0.4, 0.5) is 4.39 Å². The van der Waals surface area contributed by atoms with Gasteiger partial charge >= 0.3 is 5.97 Å². The fraction of sp³-hybridized carbons (Fsp3) is 0.452. The number of carbonyl (C=O) groups excluding carboxylic acids is 1. The Bertz CT molecular complexity index is 1210. The lowest BCUT2D eigenvalue weighted by atomic mass is 9.87. The van der Waals surface area contributed by atoms with Crippen LogP contribution < -0.4 is 4.74 Å². The third-order valence-electron chi connectivity index (χ3n) is 8.22. The highest BCUT2D eigenvalue weighted by atomic mass is 32.1. The molecule has 2 saturated heterocycles. The van der Waals surface area contributed by atoms with Gasteiger partial charge in [0, 0.05) is 32.1 Å². The molecular formula is C31H37FN2O3S. The maximum absolute atomic E-state index is 13.4. The lowest BCUT2D eigenvalue weighted by Crippen LogP contribution is -2.39. The van der Waals surface area contributed by atoms with E-state index in [2.05, 4.69) is 26.6 Å². The van der Waals surface area contributed by atoms with Gasteiger partial charge in [0.15, 0.2) is 0 Å². The van der Waals surface area contributed by atoms with Crippen molar-refractivity contribution in [1.29, 1.82) is 0 Å². The van der Waals surface area contributed by atoms with Crippen molar-refractivity contribution >= 4 is 17.3 Å². The number of ether oxygens (including phenoxy) is 1. The van der Waals surface area contributed by atoms with Crippen LogP contribution in [-0.4, -0.2) is 53.6 Å². The largest absolute Gasteiger partial charge is 0.426 e. The lowest BCUT2D eigenvalue weighted by molar-refractivity contribution is -0.132. The molecule has 2 aliphatic rings. The summed E-state index contributed by atoms with van der Waals surface area (Å²) in [5.74, 6) is 1.24. The molecule has 1 aromatic heterocycles. The molecule has 5 rings (SSSR count). The molecule has 5 nitrogen and oxygen atoms in total. The smallest absolute Gasteiger partial charge is 0.308 e. The topological polar surface area (TPSA) is 53.0 Å². The first-order valence-electron chi connectivity index (χ1n) is 13.6. The van der Waals surface area contributed by atoms with E-state index in [9.17, 15) is 14.3 Å². The Hall–Kier alpha value is -2.58. The summed E-state index contributed by atoms with van der Waals surface area (Å²) in [5.41, 5.74) is 4.08. The minimum Gasteiger partial charge on any atom is -0.426 e. The van der Waals surface area contributed by atoms with E-state index >= 15 is 0 Å². The highest BCUT2D eigenvalue weighted by Crippen LogP contribution is 2.38. The summed E-state index contributed by atoms with van der Waals surface area (Å²) in [6.07, 6.45) is 2.32. The number of hydrogen-bond acceptors (Lipinski definition) is 6. The number of aliphatic hydroxyl groups excluding tert-OH is 1. The van der Waals surface area contributed by atoms with Gasteiger partial charge in [-0.2, -0.15) is 11.3 Å². The zero-order valence-corrected chi connectivity index (χ0v) is 23.0. The molecule has 3 heterocycles. The number of benzene rings is 2. The summed E-state index contributed by atoms with van der Waals surface area (Å²) in [4.78, 5) is 16.5. The van der Waals surface area contributed by atoms with Gasteiger partial charge in [-0.15, -0.1) is 0 Å². The van der Waals surface area contributed by atoms with Crippen LogP contribution in [0.3, 0.4) is 0 Å². The van der Waals surface area contributed by atoms with E-state index in [0.29, 0.717) is 29.1 Å². The number of aryl methyl sites for hydroxylation is 1. The van der Waals surface area contributed by atoms with Gasteiger partial charge in [0.25, 0.3) is 0 Å². The molecule has 3 aromatic rings. The van der Waals surface area contributed by atoms with Crippen molar-refractivity contribution in [2.24, 2.45) is 11.8 Å². The molecule has 3 atom stereocenters. The molecule has 7 heteroatoms. The standard InChI is InChI=1S/C31H37FN2O3S/c1-21-4-3-5-29(30(21)37-22(2)35)31(36)34-18-26(16-23-12-15-38-20-23)27(19-34)17-33-13-10-25(11-14-33)24-6-8-28(32)9-7-24/h3-9,12,15,20,25-27,31,36H,10-11,13-14,16-19H2,1-2H3. The minimum absolute atomic E-state index is 0.179. The van der Waals surface area contributed by atoms with E-state index in [-0.39, 0.29) is 11.8 Å². The fourth-order valence-electron chi connectivity index (χ4n) is 6.20. The van der Waals surface area contributed by atoms with Crippen LogP contribution in [0.1, 0.15) is 54.2 Å². The highest BCUT2D eigenvalue weighted by molar-refractivity contribution is 7.07. The average molecular weight is 537 g/mol. The van der Waals surface area contributed by atoms with Crippen LogP contribution >= 0.6 is 11.3 Å². The Morgan fingerprint density at radius 1 is 1.11 bits per heavy atom. The maximum Gasteiger partial charge on any atom is 0.308 e. The quantitative estimate of drug-likeness (QED) is 0.292. The number of piperidine rings is 1. The van der Waals surface area contributed by atoms with E-state index in [1.54, 1.807) is 23.5 Å². The zero-order chi connectivity index (χ0) is 26.6. The van der Waals surface area contributed by atoms with E-state index in [4.69, 9.17) is 4.74 Å². The zero-order valence-electron chi connectivity index (χ0n) is 22.2. The number of para-hydroxylation sites is 1. The third-order valence-corrected chi connectivity index (χ3v) is 8.95. The van der Waals surface area contributed by atoms with Crippen LogP contribution in [-0.2, 0) is 11.2 Å². The van der Waals surface area contributed by atoms with E-state index in [0.717, 1.165) is 57.5 Å². The molecule has 0 radical (unpaired) electrons. The van der Waals surface area contributed by atoms with Gasteiger partial charge in [-0.25, -0.2) is 4.39 Å². The highest BCUT2D eigenvalue weighted by Gasteiger charge is 2.38. The molecule has 3 unspecified atom stereocenters. The van der Waals surface area contributed by atoms with Crippen molar-refractivity contribution in [3.63, 3.8) is 0 Å². The van der Waals surface area contributed by atoms with Gasteiger partial charge < -0.3 is 14.7 Å². The Morgan fingerprint density at radius 2 is 1.84 bits per heavy atom. The Labute approximate surface area is 228 Å². The number of halogens is 1. The molecule has 38 heavy (non-hydrogen) atoms. The molecule has 0 amide bonds. The number of esters is 1. The Kier molecular flexibility index (Phi) is 8.58. The molecule has 2 aliphatic heterocycles. The van der Waals surface area contributed by atoms with Crippen LogP contribution in [0.2, 0.25) is 0 Å². The van der Waals surface area contributed by atoms with Gasteiger partial charge in [0.05, 0.1) is 0 Å². The van der Waals surface area contributed by atoms with Crippen LogP contribution in [0.25, 0.3) is 0 Å². The van der Waals surface area contributed by atoms with Crippen LogP contribution in [0.15, 0.2) is 59.3 Å². The third kappa shape index (κ3) is 6.34. The number of likely N-dealkylation sites (tertiary alicyclic amines) is 2. The van der Waals surface area contributed by atoms with Gasteiger partial charge in [-0.3, -0.25) is 9.69 Å². The van der Waals surface area contributed by atoms with Crippen molar-refractivity contribution in [2.45, 2.75) is 45.3 Å². The summed E-state index contributed by atoms with van der Waals surface area (Å²) < 4.78 is 18.9. The van der Waals surface area contributed by atoms with E-state index in [1.165, 1.54) is 18.1 Å². The summed E-state index contributed by atoms with van der Waals surface area (Å²) in [5, 5.41) is 15.8. The van der Waals surface area contributed by atoms with E-state index in [1.807, 2.05) is 37.3 Å². The number of thiophene rings is 1. The summed E-state index contributed by atoms with van der Waals surface area (Å²) in [6, 6.07) is 14.9. The molecule has 0 aliphatic carbocycles. The second-order valence-corrected chi connectivity index (χ2v) is 11.7. The van der Waals surface area contributed by atoms with Crippen molar-refractivity contribution in [3.8, 4) is 5.75 Å². The summed E-state index contributed by atoms with van der Waals surface area (Å²) >= 11 is 1.73. The van der Waals surface area contributed by atoms with Crippen molar-refractivity contribution in [1.82, 2.24) is 9.80 Å². The van der Waals surface area contributed by atoms with Crippen LogP contribution in [0, 0.1) is 24.6 Å². The Balaban J connectivity index is 1.28. The first-order chi connectivity index (χ1) is 18.4. The number of rotatable bonds is 8. The fourth-order valence-corrected chi connectivity index (χ4v) is 6.88. The van der Waals surface area contributed by atoms with Crippen molar-refractivity contribution in [3.05, 3.63) is 87.4 Å². The number of nitrogens with zero attached hydrogens (tertiary/aromatic N) is 2. The van der Waals surface area contributed by atoms with Gasteiger partial charge in [-0.05, 0) is 103 Å². The summed E-state index contributed by atoms with van der Waals surface area (Å²) in [7, 11) is 0. The molecule has 0 spiro atoms. The first kappa shape index (κ1) is 27.0. The molecule has 0 saturated carbocycles. The predicted molar refractivity (Wildman–Crippen MR) is 149 cm³/mol. The molecule has 1 N–H and O–H groups in total. The van der Waals surface area contributed by atoms with Gasteiger partial charge in [0.2, 0.25) is 0 Å².